The Balaban J connectivity index is 1.82. The van der Waals surface area contributed by atoms with E-state index >= 15 is 0 Å². The molecule has 2 N–H and O–H groups in total. The first-order valence-electron chi connectivity index (χ1n) is 7.45. The van der Waals surface area contributed by atoms with Crippen molar-refractivity contribution in [3.05, 3.63) is 29.3 Å². The van der Waals surface area contributed by atoms with E-state index in [1.807, 2.05) is 0 Å². The predicted molar refractivity (Wildman–Crippen MR) is 90.4 cm³/mol. The van der Waals surface area contributed by atoms with E-state index in [1.54, 1.807) is 0 Å². The van der Waals surface area contributed by atoms with Gasteiger partial charge in [-0.05, 0) is 68.7 Å². The summed E-state index contributed by atoms with van der Waals surface area (Å²) in [4.78, 5) is 2.48. The van der Waals surface area contributed by atoms with Crippen LogP contribution >= 0.6 is 12.2 Å². The van der Waals surface area contributed by atoms with Gasteiger partial charge in [-0.2, -0.15) is 0 Å². The summed E-state index contributed by atoms with van der Waals surface area (Å²) >= 11 is 5.41. The van der Waals surface area contributed by atoms with Crippen LogP contribution in [0.5, 0.6) is 0 Å². The third-order valence-electron chi connectivity index (χ3n) is 4.13. The van der Waals surface area contributed by atoms with Crippen molar-refractivity contribution < 1.29 is 0 Å². The van der Waals surface area contributed by atoms with Crippen molar-refractivity contribution in [2.24, 2.45) is 0 Å². The van der Waals surface area contributed by atoms with Gasteiger partial charge in [0, 0.05) is 24.8 Å². The highest BCUT2D eigenvalue weighted by Crippen LogP contribution is 2.15. The van der Waals surface area contributed by atoms with Crippen LogP contribution in [0.4, 0.5) is 5.69 Å². The number of piperidine rings is 1. The molecule has 0 aromatic heterocycles. The number of hydrogen-bond donors (Lipinski definition) is 2. The number of hydrogen-bond acceptors (Lipinski definition) is 2. The Kier molecular flexibility index (Phi) is 5.38. The average Bonchev–Trinajstić information content (AvgIpc) is 2.44. The van der Waals surface area contributed by atoms with Crippen LogP contribution in [0.2, 0.25) is 0 Å². The van der Waals surface area contributed by atoms with E-state index in [1.165, 1.54) is 37.1 Å². The predicted octanol–water partition coefficient (Wildman–Crippen LogP) is 3.07. The minimum Gasteiger partial charge on any atom is -0.360 e. The van der Waals surface area contributed by atoms with Crippen LogP contribution in [0.15, 0.2) is 18.2 Å². The van der Waals surface area contributed by atoms with Gasteiger partial charge in [0.1, 0.15) is 0 Å². The van der Waals surface area contributed by atoms with Crippen LogP contribution in [0.3, 0.4) is 0 Å². The van der Waals surface area contributed by atoms with Crippen LogP contribution in [0.1, 0.15) is 30.9 Å². The average molecular weight is 291 g/mol. The summed E-state index contributed by atoms with van der Waals surface area (Å²) in [6.07, 6.45) is 2.34. The Morgan fingerprint density at radius 3 is 2.55 bits per heavy atom. The van der Waals surface area contributed by atoms with Gasteiger partial charge in [-0.25, -0.2) is 0 Å². The Labute approximate surface area is 127 Å². The molecule has 1 aromatic carbocycles. The van der Waals surface area contributed by atoms with E-state index in [0.29, 0.717) is 6.04 Å². The molecule has 110 valence electrons. The normalized spacial score (nSPS) is 16.9. The lowest BCUT2D eigenvalue weighted by molar-refractivity contribution is 0.216. The molecule has 0 amide bonds. The van der Waals surface area contributed by atoms with Gasteiger partial charge in [-0.3, -0.25) is 0 Å². The van der Waals surface area contributed by atoms with Crippen molar-refractivity contribution in [3.8, 4) is 0 Å². The molecule has 0 spiro atoms. The molecule has 4 heteroatoms. The molecule has 0 bridgehead atoms. The fraction of sp³-hybridized carbons (Fsp3) is 0.562. The van der Waals surface area contributed by atoms with Gasteiger partial charge < -0.3 is 15.5 Å². The molecule has 1 saturated heterocycles. The molecular formula is C16H25N3S. The molecule has 0 atom stereocenters. The van der Waals surface area contributed by atoms with Crippen molar-refractivity contribution in [2.45, 2.75) is 39.7 Å². The van der Waals surface area contributed by atoms with E-state index in [-0.39, 0.29) is 0 Å². The highest BCUT2D eigenvalue weighted by Gasteiger charge is 2.18. The van der Waals surface area contributed by atoms with Crippen molar-refractivity contribution in [1.29, 1.82) is 0 Å². The maximum atomic E-state index is 5.41. The fourth-order valence-corrected chi connectivity index (χ4v) is 2.85. The highest BCUT2D eigenvalue weighted by molar-refractivity contribution is 7.80. The number of nitrogens with one attached hydrogen (secondary N) is 2. The van der Waals surface area contributed by atoms with Gasteiger partial charge in [0.2, 0.25) is 0 Å². The highest BCUT2D eigenvalue weighted by atomic mass is 32.1. The van der Waals surface area contributed by atoms with Crippen LogP contribution in [0, 0.1) is 13.8 Å². The second-order valence-electron chi connectivity index (χ2n) is 5.61. The molecule has 0 aliphatic carbocycles. The second-order valence-corrected chi connectivity index (χ2v) is 6.01. The van der Waals surface area contributed by atoms with E-state index < -0.39 is 0 Å². The Hall–Kier alpha value is -1.13. The Bertz CT molecular complexity index is 465. The number of benzene rings is 1. The van der Waals surface area contributed by atoms with Crippen molar-refractivity contribution in [1.82, 2.24) is 10.2 Å². The first kappa shape index (κ1) is 15.3. The van der Waals surface area contributed by atoms with E-state index in [9.17, 15) is 0 Å². The molecule has 0 unspecified atom stereocenters. The third-order valence-corrected chi connectivity index (χ3v) is 4.35. The van der Waals surface area contributed by atoms with Crippen LogP contribution in [-0.4, -0.2) is 35.7 Å². The lowest BCUT2D eigenvalue weighted by Crippen LogP contribution is -2.45. The molecule has 1 aliphatic heterocycles. The number of thiocarbonyl (C=S) groups is 1. The van der Waals surface area contributed by atoms with Crippen molar-refractivity contribution in [3.63, 3.8) is 0 Å². The van der Waals surface area contributed by atoms with Gasteiger partial charge in [0.15, 0.2) is 5.11 Å². The van der Waals surface area contributed by atoms with Crippen molar-refractivity contribution in [2.75, 3.05) is 25.0 Å². The number of anilines is 1. The molecule has 0 radical (unpaired) electrons. The summed E-state index contributed by atoms with van der Waals surface area (Å²) in [6.45, 7) is 9.95. The van der Waals surface area contributed by atoms with E-state index in [2.05, 4.69) is 54.5 Å². The molecule has 2 rings (SSSR count). The number of aryl methyl sites for hydroxylation is 2. The molecule has 1 heterocycles. The summed E-state index contributed by atoms with van der Waals surface area (Å²) in [5.41, 5.74) is 3.66. The molecule has 1 fully saturated rings. The number of rotatable bonds is 3. The van der Waals surface area contributed by atoms with Crippen LogP contribution in [-0.2, 0) is 0 Å². The van der Waals surface area contributed by atoms with E-state index in [4.69, 9.17) is 12.2 Å². The topological polar surface area (TPSA) is 27.3 Å². The van der Waals surface area contributed by atoms with E-state index in [0.717, 1.165) is 17.3 Å². The number of nitrogens with zero attached hydrogens (tertiary/aromatic N) is 1. The summed E-state index contributed by atoms with van der Waals surface area (Å²) in [7, 11) is 0. The summed E-state index contributed by atoms with van der Waals surface area (Å²) < 4.78 is 0. The summed E-state index contributed by atoms with van der Waals surface area (Å²) in [5.74, 6) is 0. The van der Waals surface area contributed by atoms with Gasteiger partial charge in [-0.15, -0.1) is 0 Å². The van der Waals surface area contributed by atoms with Crippen molar-refractivity contribution >= 4 is 23.0 Å². The Morgan fingerprint density at radius 1 is 1.25 bits per heavy atom. The minimum atomic E-state index is 0.504. The first-order valence-corrected chi connectivity index (χ1v) is 7.86. The second kappa shape index (κ2) is 7.04. The maximum Gasteiger partial charge on any atom is 0.170 e. The van der Waals surface area contributed by atoms with Gasteiger partial charge in [0.05, 0.1) is 0 Å². The molecular weight excluding hydrogens is 266 g/mol. The monoisotopic (exact) mass is 291 g/mol. The number of likely N-dealkylation sites (tertiary alicyclic amines) is 1. The third kappa shape index (κ3) is 4.18. The van der Waals surface area contributed by atoms with Crippen LogP contribution < -0.4 is 10.6 Å². The fourth-order valence-electron chi connectivity index (χ4n) is 2.57. The summed E-state index contributed by atoms with van der Waals surface area (Å²) in [5, 5.41) is 7.47. The zero-order chi connectivity index (χ0) is 14.5. The minimum absolute atomic E-state index is 0.504. The zero-order valence-corrected chi connectivity index (χ0v) is 13.5. The molecule has 1 aromatic rings. The smallest absolute Gasteiger partial charge is 0.170 e. The molecule has 1 aliphatic rings. The van der Waals surface area contributed by atoms with Crippen LogP contribution in [0.25, 0.3) is 0 Å². The molecule has 3 nitrogen and oxygen atoms in total. The largest absolute Gasteiger partial charge is 0.360 e. The zero-order valence-electron chi connectivity index (χ0n) is 12.7. The molecule has 0 saturated carbocycles. The molecule has 20 heavy (non-hydrogen) atoms. The standard InChI is InChI=1S/C16H25N3S/c1-4-19-9-7-14(8-10-19)17-16(20)18-15-6-5-12(2)13(3)11-15/h5-6,11,14H,4,7-10H2,1-3H3,(H2,17,18,20). The summed E-state index contributed by atoms with van der Waals surface area (Å²) in [6, 6.07) is 6.85. The maximum absolute atomic E-state index is 5.41. The lowest BCUT2D eigenvalue weighted by atomic mass is 10.1. The van der Waals surface area contributed by atoms with Gasteiger partial charge in [-0.1, -0.05) is 13.0 Å². The van der Waals surface area contributed by atoms with Gasteiger partial charge in [0.25, 0.3) is 0 Å². The first-order chi connectivity index (χ1) is 9.58. The van der Waals surface area contributed by atoms with Gasteiger partial charge >= 0.3 is 0 Å². The SMILES string of the molecule is CCN1CCC(NC(=S)Nc2ccc(C)c(C)c2)CC1. The Morgan fingerprint density at radius 2 is 1.95 bits per heavy atom. The quantitative estimate of drug-likeness (QED) is 0.837. The lowest BCUT2D eigenvalue weighted by Gasteiger charge is -2.32.